The van der Waals surface area contributed by atoms with E-state index < -0.39 is 48.9 Å². The van der Waals surface area contributed by atoms with Crippen LogP contribution in [0.5, 0.6) is 0 Å². The number of methoxy groups -OCH3 is 1. The van der Waals surface area contributed by atoms with Gasteiger partial charge in [0.25, 0.3) is 10.0 Å². The smallest absolute Gasteiger partial charge is 0.268 e. The van der Waals surface area contributed by atoms with E-state index in [0.717, 1.165) is 31.2 Å². The number of likely N-dealkylation sites (tertiary alicyclic amines) is 1. The molecule has 5 rings (SSSR count). The molecule has 1 N–H and O–H groups in total. The molecule has 3 atom stereocenters. The molecule has 196 valence electrons. The number of hydrogen-bond acceptors (Lipinski definition) is 6. The summed E-state index contributed by atoms with van der Waals surface area (Å²) in [6, 6.07) is 4.83. The lowest BCUT2D eigenvalue weighted by atomic mass is 9.90. The topological polar surface area (TPSA) is 74.8 Å². The Morgan fingerprint density at radius 1 is 1.25 bits per heavy atom. The maximum atomic E-state index is 15.2. The third-order valence-corrected chi connectivity index (χ3v) is 9.56. The fraction of sp³-hybridized carbons (Fsp3) is 0.542. The highest BCUT2D eigenvalue weighted by Crippen LogP contribution is 2.48. The van der Waals surface area contributed by atoms with Crippen LogP contribution in [-0.4, -0.2) is 63.2 Å². The second kappa shape index (κ2) is 9.04. The molecule has 2 aromatic rings. The molecule has 36 heavy (non-hydrogen) atoms. The quantitative estimate of drug-likeness (QED) is 0.411. The second-order valence-corrected chi connectivity index (χ2v) is 12.5. The molecule has 1 unspecified atom stereocenters. The summed E-state index contributed by atoms with van der Waals surface area (Å²) >= 11 is 6.26. The number of fused-ring (bicyclic) bond motifs is 2. The minimum atomic E-state index is -4.77. The Kier molecular flexibility index (Phi) is 6.42. The Morgan fingerprint density at radius 2 is 2.03 bits per heavy atom. The minimum absolute atomic E-state index is 0.0586. The molecule has 7 nitrogen and oxygen atoms in total. The number of benzene rings is 1. The van der Waals surface area contributed by atoms with Crippen LogP contribution in [0.25, 0.3) is 0 Å². The van der Waals surface area contributed by atoms with Crippen molar-refractivity contribution < 1.29 is 26.3 Å². The molecular weight excluding hydrogens is 517 g/mol. The van der Waals surface area contributed by atoms with Crippen molar-refractivity contribution in [1.29, 1.82) is 0 Å². The van der Waals surface area contributed by atoms with Crippen molar-refractivity contribution in [2.24, 2.45) is 5.41 Å². The van der Waals surface area contributed by atoms with Crippen molar-refractivity contribution >= 4 is 33.1 Å². The molecule has 1 aromatic heterocycles. The average Bonchev–Trinajstić information content (AvgIpc) is 3.48. The number of sulfonamides is 1. The van der Waals surface area contributed by atoms with Crippen molar-refractivity contribution in [3.05, 3.63) is 46.9 Å². The number of nitrogens with one attached hydrogen (secondary N) is 1. The largest absolute Gasteiger partial charge is 0.375 e. The SMILES string of the molecule is CO[C@@]1(CN2C[C@@]3(C)CCC2C3)CCN(c2cc(F)c(S(=O)(=O)Nc3cccc(F)n3)c(F)c2Cl)C1. The predicted octanol–water partition coefficient (Wildman–Crippen LogP) is 4.42. The van der Waals surface area contributed by atoms with Gasteiger partial charge >= 0.3 is 0 Å². The lowest BCUT2D eigenvalue weighted by Crippen LogP contribution is -2.49. The molecular formula is C24H28ClF3N4O3S. The number of rotatable bonds is 7. The standard InChI is InChI=1S/C24H28ClF3N4O3S/c1-23-7-6-15(11-23)32(12-23)14-24(35-2)8-9-31(13-24)17-10-16(26)22(21(28)20(17)25)36(33,34)30-19-5-3-4-18(27)29-19/h3-5,10,15H,6-9,11-14H2,1-2H3,(H,29,30)/t15?,23-,24-/m0/s1. The van der Waals surface area contributed by atoms with Gasteiger partial charge in [-0.25, -0.2) is 22.2 Å². The van der Waals surface area contributed by atoms with Crippen LogP contribution in [0, 0.1) is 23.0 Å². The van der Waals surface area contributed by atoms with Crippen LogP contribution in [-0.2, 0) is 14.8 Å². The fourth-order valence-electron chi connectivity index (χ4n) is 6.02. The Balaban J connectivity index is 1.38. The van der Waals surface area contributed by atoms with E-state index in [-0.39, 0.29) is 5.69 Å². The van der Waals surface area contributed by atoms with E-state index in [4.69, 9.17) is 16.3 Å². The first-order valence-electron chi connectivity index (χ1n) is 11.8. The van der Waals surface area contributed by atoms with Crippen molar-refractivity contribution in [2.75, 3.05) is 42.9 Å². The van der Waals surface area contributed by atoms with Crippen LogP contribution >= 0.6 is 11.6 Å². The van der Waals surface area contributed by atoms with Gasteiger partial charge in [-0.05, 0) is 43.2 Å². The zero-order valence-corrected chi connectivity index (χ0v) is 21.6. The van der Waals surface area contributed by atoms with Gasteiger partial charge in [0.2, 0.25) is 5.95 Å². The summed E-state index contributed by atoms with van der Waals surface area (Å²) in [7, 11) is -3.13. The molecule has 0 amide bonds. The van der Waals surface area contributed by atoms with Crippen molar-refractivity contribution in [2.45, 2.75) is 49.1 Å². The van der Waals surface area contributed by atoms with Gasteiger partial charge in [0.1, 0.15) is 16.7 Å². The summed E-state index contributed by atoms with van der Waals surface area (Å²) in [5.41, 5.74) is -0.139. The van der Waals surface area contributed by atoms with Crippen LogP contribution < -0.4 is 9.62 Å². The van der Waals surface area contributed by atoms with Crippen LogP contribution in [0.15, 0.2) is 29.2 Å². The molecule has 0 radical (unpaired) electrons. The maximum absolute atomic E-state index is 15.2. The maximum Gasteiger partial charge on any atom is 0.268 e. The van der Waals surface area contributed by atoms with E-state index in [9.17, 15) is 12.8 Å². The van der Waals surface area contributed by atoms with E-state index in [2.05, 4.69) is 16.8 Å². The highest BCUT2D eigenvalue weighted by atomic mass is 35.5. The van der Waals surface area contributed by atoms with Crippen molar-refractivity contribution in [3.8, 4) is 0 Å². The van der Waals surface area contributed by atoms with Crippen LogP contribution in [0.4, 0.5) is 24.7 Å². The molecule has 1 aromatic carbocycles. The van der Waals surface area contributed by atoms with Gasteiger partial charge in [-0.15, -0.1) is 0 Å². The third-order valence-electron chi connectivity index (χ3n) is 7.81. The first-order chi connectivity index (χ1) is 16.9. The molecule has 3 aliphatic rings. The van der Waals surface area contributed by atoms with Gasteiger partial charge in [-0.3, -0.25) is 9.62 Å². The number of aromatic nitrogens is 1. The highest BCUT2D eigenvalue weighted by molar-refractivity contribution is 7.92. The molecule has 1 saturated carbocycles. The minimum Gasteiger partial charge on any atom is -0.375 e. The lowest BCUT2D eigenvalue weighted by molar-refractivity contribution is -0.0282. The van der Waals surface area contributed by atoms with Crippen molar-refractivity contribution in [1.82, 2.24) is 9.88 Å². The molecule has 0 spiro atoms. The van der Waals surface area contributed by atoms with E-state index in [0.29, 0.717) is 37.5 Å². The molecule has 3 heterocycles. The third kappa shape index (κ3) is 4.55. The Bertz CT molecular complexity index is 1300. The Hall–Kier alpha value is -2.08. The number of anilines is 2. The molecule has 3 fully saturated rings. The van der Waals surface area contributed by atoms with Crippen LogP contribution in [0.1, 0.15) is 32.6 Å². The van der Waals surface area contributed by atoms with Gasteiger partial charge in [0.05, 0.1) is 11.3 Å². The van der Waals surface area contributed by atoms with Gasteiger partial charge in [-0.2, -0.15) is 4.39 Å². The summed E-state index contributed by atoms with van der Waals surface area (Å²) in [6.07, 6.45) is 4.20. The van der Waals surface area contributed by atoms with E-state index in [1.165, 1.54) is 18.9 Å². The summed E-state index contributed by atoms with van der Waals surface area (Å²) in [5.74, 6) is -4.09. The monoisotopic (exact) mass is 544 g/mol. The molecule has 12 heteroatoms. The molecule has 2 saturated heterocycles. The van der Waals surface area contributed by atoms with E-state index in [1.807, 2.05) is 4.72 Å². The van der Waals surface area contributed by atoms with Crippen LogP contribution in [0.3, 0.4) is 0 Å². The lowest BCUT2D eigenvalue weighted by Gasteiger charge is -2.38. The number of nitrogens with zero attached hydrogens (tertiary/aromatic N) is 3. The Morgan fingerprint density at radius 3 is 2.67 bits per heavy atom. The fourth-order valence-corrected chi connectivity index (χ4v) is 7.49. The summed E-state index contributed by atoms with van der Waals surface area (Å²) < 4.78 is 77.0. The van der Waals surface area contributed by atoms with Gasteiger partial charge in [0, 0.05) is 45.4 Å². The highest BCUT2D eigenvalue weighted by Gasteiger charge is 2.50. The van der Waals surface area contributed by atoms with Gasteiger partial charge < -0.3 is 9.64 Å². The van der Waals surface area contributed by atoms with Crippen LogP contribution in [0.2, 0.25) is 5.02 Å². The number of pyridine rings is 1. The van der Waals surface area contributed by atoms with Gasteiger partial charge in [-0.1, -0.05) is 24.6 Å². The summed E-state index contributed by atoms with van der Waals surface area (Å²) in [5, 5.41) is -0.511. The first kappa shape index (κ1) is 25.6. The van der Waals surface area contributed by atoms with E-state index >= 15 is 8.78 Å². The number of halogens is 4. The Labute approximate surface area is 213 Å². The molecule has 1 aliphatic carbocycles. The first-order valence-corrected chi connectivity index (χ1v) is 13.7. The molecule has 2 aliphatic heterocycles. The summed E-state index contributed by atoms with van der Waals surface area (Å²) in [6.45, 7) is 4.83. The van der Waals surface area contributed by atoms with Gasteiger partial charge in [0.15, 0.2) is 10.7 Å². The normalized spacial score (nSPS) is 28.3. The number of hydrogen-bond donors (Lipinski definition) is 1. The zero-order chi connectivity index (χ0) is 25.9. The predicted molar refractivity (Wildman–Crippen MR) is 130 cm³/mol. The van der Waals surface area contributed by atoms with Crippen molar-refractivity contribution in [3.63, 3.8) is 0 Å². The molecule has 2 bridgehead atoms. The average molecular weight is 545 g/mol. The zero-order valence-electron chi connectivity index (χ0n) is 20.0. The summed E-state index contributed by atoms with van der Waals surface area (Å²) in [4.78, 5) is 6.31. The number of piperidine rings is 1. The van der Waals surface area contributed by atoms with E-state index in [1.54, 1.807) is 12.0 Å². The number of ether oxygens (including phenoxy) is 1. The second-order valence-electron chi connectivity index (χ2n) is 10.5.